The fourth-order valence-corrected chi connectivity index (χ4v) is 2.47. The summed E-state index contributed by atoms with van der Waals surface area (Å²) in [5.41, 5.74) is 1.05. The fraction of sp³-hybridized carbons (Fsp3) is 0.357. The summed E-state index contributed by atoms with van der Waals surface area (Å²) in [6, 6.07) is 4.28. The first kappa shape index (κ1) is 16.4. The van der Waals surface area contributed by atoms with Crippen molar-refractivity contribution in [3.8, 4) is 0 Å². The minimum absolute atomic E-state index is 0.00590. The molecule has 1 rings (SSSR count). The van der Waals surface area contributed by atoms with Crippen LogP contribution in [0.25, 0.3) is 0 Å². The van der Waals surface area contributed by atoms with E-state index < -0.39 is 10.0 Å². The van der Waals surface area contributed by atoms with E-state index in [0.29, 0.717) is 17.7 Å². The highest BCUT2D eigenvalue weighted by Crippen LogP contribution is 2.17. The van der Waals surface area contributed by atoms with Crippen molar-refractivity contribution in [2.24, 2.45) is 5.14 Å². The Bertz CT molecular complexity index is 621. The summed E-state index contributed by atoms with van der Waals surface area (Å²) in [6.07, 6.45) is 1.66. The summed E-state index contributed by atoms with van der Waals surface area (Å²) in [7, 11) is -3.76. The summed E-state index contributed by atoms with van der Waals surface area (Å²) in [4.78, 5) is 14.1. The summed E-state index contributed by atoms with van der Waals surface area (Å²) < 4.78 is 22.6. The molecular weight excluding hydrogens is 276 g/mol. The molecule has 0 aliphatic carbocycles. The van der Waals surface area contributed by atoms with E-state index in [1.165, 1.54) is 18.2 Å². The lowest BCUT2D eigenvalue weighted by Crippen LogP contribution is -2.37. The minimum Gasteiger partial charge on any atom is -0.333 e. The molecule has 0 spiro atoms. The van der Waals surface area contributed by atoms with Crippen LogP contribution in [0.5, 0.6) is 0 Å². The zero-order chi connectivity index (χ0) is 15.5. The molecule has 0 aliphatic heterocycles. The minimum atomic E-state index is -3.76. The first-order chi connectivity index (χ1) is 9.18. The Labute approximate surface area is 120 Å². The van der Waals surface area contributed by atoms with Crippen molar-refractivity contribution < 1.29 is 13.2 Å². The van der Waals surface area contributed by atoms with Crippen LogP contribution in [0.3, 0.4) is 0 Å². The zero-order valence-corrected chi connectivity index (χ0v) is 12.8. The number of hydrogen-bond donors (Lipinski definition) is 1. The van der Waals surface area contributed by atoms with E-state index in [1.807, 2.05) is 13.8 Å². The van der Waals surface area contributed by atoms with Crippen LogP contribution < -0.4 is 5.14 Å². The molecule has 1 amide bonds. The van der Waals surface area contributed by atoms with Crippen molar-refractivity contribution >= 4 is 15.9 Å². The normalized spacial score (nSPS) is 11.4. The maximum atomic E-state index is 12.5. The largest absolute Gasteiger partial charge is 0.333 e. The Kier molecular flexibility index (Phi) is 5.08. The first-order valence-electron chi connectivity index (χ1n) is 6.23. The van der Waals surface area contributed by atoms with Gasteiger partial charge in [-0.1, -0.05) is 6.08 Å². The predicted molar refractivity (Wildman–Crippen MR) is 78.9 cm³/mol. The SMILES string of the molecule is C=CCN(C(=O)c1ccc(S(N)(=O)=O)cc1C)C(C)C. The van der Waals surface area contributed by atoms with E-state index in [1.54, 1.807) is 17.9 Å². The third-order valence-corrected chi connectivity index (χ3v) is 3.88. The van der Waals surface area contributed by atoms with Gasteiger partial charge < -0.3 is 4.90 Å². The third kappa shape index (κ3) is 3.68. The van der Waals surface area contributed by atoms with E-state index >= 15 is 0 Å². The van der Waals surface area contributed by atoms with Crippen LogP contribution in [0.15, 0.2) is 35.7 Å². The van der Waals surface area contributed by atoms with E-state index in [9.17, 15) is 13.2 Å². The summed E-state index contributed by atoms with van der Waals surface area (Å²) >= 11 is 0. The topological polar surface area (TPSA) is 80.5 Å². The lowest BCUT2D eigenvalue weighted by atomic mass is 10.1. The number of primary sulfonamides is 1. The molecule has 6 heteroatoms. The Balaban J connectivity index is 3.20. The standard InChI is InChI=1S/C14H20N2O3S/c1-5-8-16(10(2)3)14(17)13-7-6-12(9-11(13)4)20(15,18)19/h5-7,9-10H,1,8H2,2-4H3,(H2,15,18,19). The number of carbonyl (C=O) groups excluding carboxylic acids is 1. The molecule has 0 fully saturated rings. The van der Waals surface area contributed by atoms with Gasteiger partial charge in [0.2, 0.25) is 10.0 Å². The molecule has 1 aromatic carbocycles. The van der Waals surface area contributed by atoms with Crippen molar-refractivity contribution in [1.29, 1.82) is 0 Å². The number of carbonyl (C=O) groups is 1. The van der Waals surface area contributed by atoms with Crippen molar-refractivity contribution in [3.63, 3.8) is 0 Å². The Hall–Kier alpha value is -1.66. The number of nitrogens with two attached hydrogens (primary N) is 1. The maximum Gasteiger partial charge on any atom is 0.254 e. The van der Waals surface area contributed by atoms with Crippen LogP contribution >= 0.6 is 0 Å². The molecule has 0 unspecified atom stereocenters. The monoisotopic (exact) mass is 296 g/mol. The summed E-state index contributed by atoms with van der Waals surface area (Å²) in [5, 5.41) is 5.07. The summed E-state index contributed by atoms with van der Waals surface area (Å²) in [6.45, 7) is 9.59. The lowest BCUT2D eigenvalue weighted by molar-refractivity contribution is 0.0728. The van der Waals surface area contributed by atoms with Gasteiger partial charge in [-0.25, -0.2) is 13.6 Å². The predicted octanol–water partition coefficient (Wildman–Crippen LogP) is 1.68. The molecule has 0 atom stereocenters. The molecule has 0 saturated carbocycles. The number of nitrogens with zero attached hydrogens (tertiary/aromatic N) is 1. The van der Waals surface area contributed by atoms with Crippen molar-refractivity contribution in [2.75, 3.05) is 6.54 Å². The number of amides is 1. The average Bonchev–Trinajstić information content (AvgIpc) is 2.33. The molecule has 5 nitrogen and oxygen atoms in total. The molecule has 0 bridgehead atoms. The molecule has 0 aromatic heterocycles. The van der Waals surface area contributed by atoms with Crippen molar-refractivity contribution in [3.05, 3.63) is 42.0 Å². The number of rotatable bonds is 5. The second-order valence-electron chi connectivity index (χ2n) is 4.86. The highest BCUT2D eigenvalue weighted by atomic mass is 32.2. The van der Waals surface area contributed by atoms with Gasteiger partial charge in [0, 0.05) is 18.2 Å². The number of benzene rings is 1. The van der Waals surface area contributed by atoms with Crippen molar-refractivity contribution in [2.45, 2.75) is 31.7 Å². The Morgan fingerprint density at radius 3 is 2.45 bits per heavy atom. The maximum absolute atomic E-state index is 12.5. The third-order valence-electron chi connectivity index (χ3n) is 2.97. The fourth-order valence-electron chi connectivity index (χ4n) is 1.88. The number of sulfonamides is 1. The van der Waals surface area contributed by atoms with E-state index in [0.717, 1.165) is 0 Å². The van der Waals surface area contributed by atoms with Gasteiger partial charge in [-0.15, -0.1) is 6.58 Å². The van der Waals surface area contributed by atoms with Crippen LogP contribution in [0.1, 0.15) is 29.8 Å². The first-order valence-corrected chi connectivity index (χ1v) is 7.78. The molecule has 0 radical (unpaired) electrons. The molecular formula is C14H20N2O3S. The van der Waals surface area contributed by atoms with Gasteiger partial charge in [-0.05, 0) is 44.5 Å². The number of aryl methyl sites for hydroxylation is 1. The van der Waals surface area contributed by atoms with Gasteiger partial charge in [0.15, 0.2) is 0 Å². The molecule has 1 aromatic rings. The van der Waals surface area contributed by atoms with Gasteiger partial charge in [-0.2, -0.15) is 0 Å². The van der Waals surface area contributed by atoms with Crippen LogP contribution in [0.4, 0.5) is 0 Å². The molecule has 0 saturated heterocycles. The average molecular weight is 296 g/mol. The van der Waals surface area contributed by atoms with Crippen LogP contribution in [0.2, 0.25) is 0 Å². The van der Waals surface area contributed by atoms with Gasteiger partial charge in [0.1, 0.15) is 0 Å². The quantitative estimate of drug-likeness (QED) is 0.839. The van der Waals surface area contributed by atoms with Crippen LogP contribution in [-0.2, 0) is 10.0 Å². The van der Waals surface area contributed by atoms with Crippen LogP contribution in [-0.4, -0.2) is 31.8 Å². The zero-order valence-electron chi connectivity index (χ0n) is 12.0. The van der Waals surface area contributed by atoms with E-state index in [2.05, 4.69) is 6.58 Å². The van der Waals surface area contributed by atoms with Crippen molar-refractivity contribution in [1.82, 2.24) is 4.90 Å². The molecule has 0 heterocycles. The smallest absolute Gasteiger partial charge is 0.254 e. The number of hydrogen-bond acceptors (Lipinski definition) is 3. The highest BCUT2D eigenvalue weighted by molar-refractivity contribution is 7.89. The molecule has 110 valence electrons. The van der Waals surface area contributed by atoms with Gasteiger partial charge in [0.25, 0.3) is 5.91 Å². The van der Waals surface area contributed by atoms with E-state index in [4.69, 9.17) is 5.14 Å². The Morgan fingerprint density at radius 1 is 1.45 bits per heavy atom. The second kappa shape index (κ2) is 6.19. The Morgan fingerprint density at radius 2 is 2.05 bits per heavy atom. The van der Waals surface area contributed by atoms with Crippen LogP contribution in [0, 0.1) is 6.92 Å². The van der Waals surface area contributed by atoms with Gasteiger partial charge in [-0.3, -0.25) is 4.79 Å². The van der Waals surface area contributed by atoms with Gasteiger partial charge >= 0.3 is 0 Å². The molecule has 2 N–H and O–H groups in total. The lowest BCUT2D eigenvalue weighted by Gasteiger charge is -2.26. The van der Waals surface area contributed by atoms with Gasteiger partial charge in [0.05, 0.1) is 4.90 Å². The molecule has 20 heavy (non-hydrogen) atoms. The highest BCUT2D eigenvalue weighted by Gasteiger charge is 2.20. The summed E-state index contributed by atoms with van der Waals surface area (Å²) in [5.74, 6) is -0.154. The van der Waals surface area contributed by atoms with E-state index in [-0.39, 0.29) is 16.8 Å². The molecule has 0 aliphatic rings. The second-order valence-corrected chi connectivity index (χ2v) is 6.42.